The third-order valence-corrected chi connectivity index (χ3v) is 9.10. The molecule has 1 saturated heterocycles. The fourth-order valence-electron chi connectivity index (χ4n) is 5.07. The van der Waals surface area contributed by atoms with Gasteiger partial charge in [-0.05, 0) is 62.1 Å². The van der Waals surface area contributed by atoms with E-state index in [9.17, 15) is 54.2 Å². The zero-order valence-corrected chi connectivity index (χ0v) is 21.7. The van der Waals surface area contributed by atoms with Gasteiger partial charge < -0.3 is 15.1 Å². The number of aryl methyl sites for hydroxylation is 1. The minimum absolute atomic E-state index is 0.00329. The third-order valence-electron chi connectivity index (χ3n) is 7.22. The number of nitrogens with zero attached hydrogens (tertiary/aromatic N) is 2. The molecule has 2 aromatic carbocycles. The maximum absolute atomic E-state index is 13.7. The van der Waals surface area contributed by atoms with Crippen molar-refractivity contribution >= 4 is 21.6 Å². The summed E-state index contributed by atoms with van der Waals surface area (Å²) in [5, 5.41) is 20.0. The van der Waals surface area contributed by atoms with E-state index < -0.39 is 68.2 Å². The first-order chi connectivity index (χ1) is 18.3. The molecule has 1 fully saturated rings. The number of rotatable bonds is 5. The smallest absolute Gasteiger partial charge is 0.388 e. The average Bonchev–Trinajstić information content (AvgIpc) is 3.21. The summed E-state index contributed by atoms with van der Waals surface area (Å²) in [6.45, 7) is 1.73. The Morgan fingerprint density at radius 3 is 2.17 bits per heavy atom. The lowest BCUT2D eigenvalue weighted by molar-refractivity contribution is -0.376. The van der Waals surface area contributed by atoms with Crippen LogP contribution in [0.4, 0.5) is 36.4 Å². The summed E-state index contributed by atoms with van der Waals surface area (Å²) in [4.78, 5) is 14.0. The van der Waals surface area contributed by atoms with Gasteiger partial charge in [0.15, 0.2) is 0 Å². The number of β-amino-alcohol motifs (C(OH)–C–C–N with tert-alkyl or cyclic N) is 1. The molecule has 2 unspecified atom stereocenters. The number of alkyl halides is 6. The number of aliphatic hydroxyl groups is 2. The molecule has 2 atom stereocenters. The predicted octanol–water partition coefficient (Wildman–Crippen LogP) is 4.02. The zero-order valence-electron chi connectivity index (χ0n) is 20.9. The number of likely N-dealkylation sites (tertiary alicyclic amines) is 1. The van der Waals surface area contributed by atoms with Crippen LogP contribution in [-0.2, 0) is 26.8 Å². The molecule has 4 rings (SSSR count). The zero-order chi connectivity index (χ0) is 29.9. The molecule has 0 spiro atoms. The Labute approximate surface area is 224 Å². The summed E-state index contributed by atoms with van der Waals surface area (Å²) in [7, 11) is -4.60. The Morgan fingerprint density at radius 2 is 1.65 bits per heavy atom. The lowest BCUT2D eigenvalue weighted by atomic mass is 9.87. The molecule has 2 heterocycles. The molecular weight excluding hydrogens is 573 g/mol. The SMILES string of the molecule is CC1(O)CCN(C(=O)CC2CCc3cc(C(O)(C(F)(F)F)C(F)(F)F)ccc3N2S(=O)(=O)c2ccc(F)cc2)C1. The molecule has 40 heavy (non-hydrogen) atoms. The first kappa shape index (κ1) is 30.1. The highest BCUT2D eigenvalue weighted by Crippen LogP contribution is 2.51. The van der Waals surface area contributed by atoms with Crippen LogP contribution in [0.5, 0.6) is 0 Å². The molecule has 0 saturated carbocycles. The summed E-state index contributed by atoms with van der Waals surface area (Å²) < 4.78 is 123. The lowest BCUT2D eigenvalue weighted by Crippen LogP contribution is -2.54. The van der Waals surface area contributed by atoms with E-state index in [0.29, 0.717) is 12.1 Å². The summed E-state index contributed by atoms with van der Waals surface area (Å²) >= 11 is 0. The van der Waals surface area contributed by atoms with E-state index >= 15 is 0 Å². The van der Waals surface area contributed by atoms with Crippen LogP contribution in [0, 0.1) is 5.82 Å². The minimum Gasteiger partial charge on any atom is -0.388 e. The van der Waals surface area contributed by atoms with Crippen LogP contribution in [-0.4, -0.2) is 66.5 Å². The molecule has 220 valence electrons. The number of anilines is 1. The number of fused-ring (bicyclic) bond motifs is 1. The highest BCUT2D eigenvalue weighted by Gasteiger charge is 2.71. The van der Waals surface area contributed by atoms with Crippen molar-refractivity contribution in [2.45, 2.75) is 67.1 Å². The number of carbonyl (C=O) groups excluding carboxylic acids is 1. The summed E-state index contributed by atoms with van der Waals surface area (Å²) in [5.41, 5.74) is -8.41. The molecule has 0 aromatic heterocycles. The molecule has 15 heteroatoms. The van der Waals surface area contributed by atoms with Crippen molar-refractivity contribution in [3.8, 4) is 0 Å². The van der Waals surface area contributed by atoms with Gasteiger partial charge in [-0.3, -0.25) is 9.10 Å². The Morgan fingerprint density at radius 1 is 1.05 bits per heavy atom. The Balaban J connectivity index is 1.80. The van der Waals surface area contributed by atoms with E-state index in [1.54, 1.807) is 0 Å². The predicted molar refractivity (Wildman–Crippen MR) is 127 cm³/mol. The number of halogens is 7. The fourth-order valence-corrected chi connectivity index (χ4v) is 6.79. The first-order valence-electron chi connectivity index (χ1n) is 12.1. The standard InChI is InChI=1S/C25H25F7N2O5S/c1-22(36)10-11-33(14-22)21(35)13-18-6-2-15-12-16(23(37,24(27,28)29)25(30,31)32)3-9-20(15)34(18)40(38,39)19-7-4-17(26)5-8-19/h3-5,7-9,12,18,36-37H,2,6,10-11,13-14H2,1H3. The van der Waals surface area contributed by atoms with Crippen LogP contribution >= 0.6 is 0 Å². The van der Waals surface area contributed by atoms with Crippen molar-refractivity contribution in [1.29, 1.82) is 0 Å². The van der Waals surface area contributed by atoms with Crippen molar-refractivity contribution in [1.82, 2.24) is 4.90 Å². The van der Waals surface area contributed by atoms with Gasteiger partial charge in [0, 0.05) is 25.1 Å². The van der Waals surface area contributed by atoms with Gasteiger partial charge >= 0.3 is 12.4 Å². The summed E-state index contributed by atoms with van der Waals surface area (Å²) in [6, 6.07) is 4.03. The molecule has 2 aromatic rings. The van der Waals surface area contributed by atoms with Gasteiger partial charge in [0.2, 0.25) is 5.91 Å². The molecule has 2 N–H and O–H groups in total. The van der Waals surface area contributed by atoms with Crippen LogP contribution in [0.1, 0.15) is 37.3 Å². The molecule has 0 radical (unpaired) electrons. The third kappa shape index (κ3) is 5.26. The number of benzene rings is 2. The minimum atomic E-state index is -6.14. The van der Waals surface area contributed by atoms with Gasteiger partial charge in [0.1, 0.15) is 5.82 Å². The van der Waals surface area contributed by atoms with Crippen molar-refractivity contribution in [2.24, 2.45) is 0 Å². The van der Waals surface area contributed by atoms with Gasteiger partial charge in [-0.1, -0.05) is 12.1 Å². The Bertz CT molecular complexity index is 1380. The van der Waals surface area contributed by atoms with Gasteiger partial charge in [-0.15, -0.1) is 0 Å². The average molecular weight is 599 g/mol. The molecular formula is C25H25F7N2O5S. The van der Waals surface area contributed by atoms with Crippen LogP contribution in [0.3, 0.4) is 0 Å². The van der Waals surface area contributed by atoms with Crippen molar-refractivity contribution in [3.63, 3.8) is 0 Å². The van der Waals surface area contributed by atoms with E-state index in [4.69, 9.17) is 0 Å². The van der Waals surface area contributed by atoms with Crippen LogP contribution < -0.4 is 4.31 Å². The molecule has 0 aliphatic carbocycles. The van der Waals surface area contributed by atoms with E-state index in [1.807, 2.05) is 0 Å². The maximum Gasteiger partial charge on any atom is 0.430 e. The molecule has 7 nitrogen and oxygen atoms in total. The first-order valence-corrected chi connectivity index (χ1v) is 13.5. The van der Waals surface area contributed by atoms with Gasteiger partial charge in [0.05, 0.1) is 22.2 Å². The normalized spacial score (nSPS) is 22.4. The second-order valence-electron chi connectivity index (χ2n) is 10.3. The van der Waals surface area contributed by atoms with Crippen molar-refractivity contribution < 1.29 is 54.2 Å². The lowest BCUT2D eigenvalue weighted by Gasteiger charge is -2.39. The summed E-state index contributed by atoms with van der Waals surface area (Å²) in [5.74, 6) is -1.26. The largest absolute Gasteiger partial charge is 0.430 e. The topological polar surface area (TPSA) is 98.1 Å². The van der Waals surface area contributed by atoms with E-state index in [1.165, 1.54) is 11.8 Å². The Kier molecular flexibility index (Phi) is 7.42. The van der Waals surface area contributed by atoms with E-state index in [2.05, 4.69) is 0 Å². The Hall–Kier alpha value is -2.91. The molecule has 0 bridgehead atoms. The second-order valence-corrected chi connectivity index (χ2v) is 12.1. The number of amides is 1. The molecule has 2 aliphatic rings. The quantitative estimate of drug-likeness (QED) is 0.507. The number of hydrogen-bond donors (Lipinski definition) is 2. The number of carbonyl (C=O) groups is 1. The van der Waals surface area contributed by atoms with Crippen LogP contribution in [0.2, 0.25) is 0 Å². The van der Waals surface area contributed by atoms with Crippen molar-refractivity contribution in [2.75, 3.05) is 17.4 Å². The highest BCUT2D eigenvalue weighted by molar-refractivity contribution is 7.92. The molecule has 1 amide bonds. The number of hydrogen-bond acceptors (Lipinski definition) is 5. The number of sulfonamides is 1. The van der Waals surface area contributed by atoms with Gasteiger partial charge in [-0.25, -0.2) is 12.8 Å². The maximum atomic E-state index is 13.7. The summed E-state index contributed by atoms with van der Waals surface area (Å²) in [6.07, 6.45) is -12.8. The van der Waals surface area contributed by atoms with Crippen LogP contribution in [0.15, 0.2) is 47.4 Å². The van der Waals surface area contributed by atoms with E-state index in [-0.39, 0.29) is 43.6 Å². The van der Waals surface area contributed by atoms with Gasteiger partial charge in [-0.2, -0.15) is 26.3 Å². The van der Waals surface area contributed by atoms with Gasteiger partial charge in [0.25, 0.3) is 15.6 Å². The van der Waals surface area contributed by atoms with Crippen LogP contribution in [0.25, 0.3) is 0 Å². The fraction of sp³-hybridized carbons (Fsp3) is 0.480. The monoisotopic (exact) mass is 598 g/mol. The van der Waals surface area contributed by atoms with Crippen molar-refractivity contribution in [3.05, 3.63) is 59.4 Å². The molecule has 2 aliphatic heterocycles. The van der Waals surface area contributed by atoms with E-state index in [0.717, 1.165) is 34.6 Å². The second kappa shape index (κ2) is 9.87. The highest BCUT2D eigenvalue weighted by atomic mass is 32.2.